The van der Waals surface area contributed by atoms with Crippen LogP contribution < -0.4 is 5.32 Å². The third kappa shape index (κ3) is 2.83. The van der Waals surface area contributed by atoms with Crippen LogP contribution in [0.4, 0.5) is 10.1 Å². The van der Waals surface area contributed by atoms with Gasteiger partial charge < -0.3 is 5.32 Å². The molecule has 0 aliphatic heterocycles. The van der Waals surface area contributed by atoms with Crippen LogP contribution in [0.3, 0.4) is 0 Å². The molecular formula is C15H13FN4. The minimum absolute atomic E-state index is 0.226. The second kappa shape index (κ2) is 5.52. The van der Waals surface area contributed by atoms with Crippen molar-refractivity contribution in [2.75, 3.05) is 5.32 Å². The molecule has 20 heavy (non-hydrogen) atoms. The van der Waals surface area contributed by atoms with Gasteiger partial charge >= 0.3 is 0 Å². The molecular weight excluding hydrogens is 255 g/mol. The molecule has 0 fully saturated rings. The molecule has 0 spiro atoms. The Bertz CT molecular complexity index is 677. The van der Waals surface area contributed by atoms with Crippen molar-refractivity contribution in [1.82, 2.24) is 14.8 Å². The molecule has 5 heteroatoms. The number of halogens is 1. The average molecular weight is 268 g/mol. The van der Waals surface area contributed by atoms with Crippen molar-refractivity contribution in [3.05, 3.63) is 72.4 Å². The molecule has 4 nitrogen and oxygen atoms in total. The predicted molar refractivity (Wildman–Crippen MR) is 75.1 cm³/mol. The molecule has 0 saturated heterocycles. The Hall–Kier alpha value is -2.69. The first kappa shape index (κ1) is 12.3. The first-order chi connectivity index (χ1) is 9.81. The third-order valence-electron chi connectivity index (χ3n) is 2.87. The van der Waals surface area contributed by atoms with E-state index in [-0.39, 0.29) is 5.82 Å². The zero-order chi connectivity index (χ0) is 13.8. The van der Waals surface area contributed by atoms with Gasteiger partial charge in [0.2, 0.25) is 0 Å². The van der Waals surface area contributed by atoms with E-state index in [1.165, 1.54) is 12.1 Å². The second-order valence-electron chi connectivity index (χ2n) is 4.34. The van der Waals surface area contributed by atoms with E-state index in [1.54, 1.807) is 23.1 Å². The Morgan fingerprint density at radius 1 is 1.15 bits per heavy atom. The predicted octanol–water partition coefficient (Wildman–Crippen LogP) is 3.02. The number of nitrogens with one attached hydrogen (secondary N) is 1. The molecule has 1 aromatic carbocycles. The van der Waals surface area contributed by atoms with E-state index in [0.717, 1.165) is 17.1 Å². The Labute approximate surface area is 115 Å². The molecule has 3 aromatic rings. The second-order valence-corrected chi connectivity index (χ2v) is 4.34. The fourth-order valence-corrected chi connectivity index (χ4v) is 1.88. The Morgan fingerprint density at radius 2 is 2.10 bits per heavy atom. The first-order valence-electron chi connectivity index (χ1n) is 6.26. The zero-order valence-corrected chi connectivity index (χ0v) is 10.7. The highest BCUT2D eigenvalue weighted by Crippen LogP contribution is 2.11. The van der Waals surface area contributed by atoms with Gasteiger partial charge in [-0.3, -0.25) is 0 Å². The van der Waals surface area contributed by atoms with Crippen LogP contribution in [-0.2, 0) is 6.54 Å². The Morgan fingerprint density at radius 3 is 2.80 bits per heavy atom. The van der Waals surface area contributed by atoms with Gasteiger partial charge in [0.25, 0.3) is 0 Å². The highest BCUT2D eigenvalue weighted by molar-refractivity contribution is 5.44. The minimum Gasteiger partial charge on any atom is -0.380 e. The van der Waals surface area contributed by atoms with Crippen molar-refractivity contribution in [1.29, 1.82) is 0 Å². The van der Waals surface area contributed by atoms with Crippen molar-refractivity contribution in [3.63, 3.8) is 0 Å². The molecule has 2 aromatic heterocycles. The summed E-state index contributed by atoms with van der Waals surface area (Å²) in [6.45, 7) is 0.556. The Kier molecular flexibility index (Phi) is 3.41. The fourth-order valence-electron chi connectivity index (χ4n) is 1.88. The smallest absolute Gasteiger partial charge is 0.153 e. The van der Waals surface area contributed by atoms with Gasteiger partial charge in [-0.25, -0.2) is 14.1 Å². The summed E-state index contributed by atoms with van der Waals surface area (Å²) in [5, 5.41) is 7.31. The van der Waals surface area contributed by atoms with Gasteiger partial charge in [-0.1, -0.05) is 12.1 Å². The number of hydrogen-bond acceptors (Lipinski definition) is 3. The summed E-state index contributed by atoms with van der Waals surface area (Å²) in [5.74, 6) is 0.530. The van der Waals surface area contributed by atoms with E-state index in [9.17, 15) is 4.39 Å². The molecule has 1 N–H and O–H groups in total. The van der Waals surface area contributed by atoms with Crippen LogP contribution in [0.25, 0.3) is 5.82 Å². The maximum atomic E-state index is 13.1. The maximum Gasteiger partial charge on any atom is 0.153 e. The van der Waals surface area contributed by atoms with Crippen LogP contribution in [-0.4, -0.2) is 14.8 Å². The largest absolute Gasteiger partial charge is 0.380 e. The van der Waals surface area contributed by atoms with Crippen LogP contribution in [0.15, 0.2) is 61.1 Å². The van der Waals surface area contributed by atoms with E-state index >= 15 is 0 Å². The van der Waals surface area contributed by atoms with Crippen LogP contribution in [0, 0.1) is 5.82 Å². The van der Waals surface area contributed by atoms with Gasteiger partial charge in [0.05, 0.1) is 11.9 Å². The molecule has 0 bridgehead atoms. The number of aromatic nitrogens is 3. The number of hydrogen-bond donors (Lipinski definition) is 1. The number of nitrogens with zero attached hydrogens (tertiary/aromatic N) is 3. The number of pyridine rings is 1. The monoisotopic (exact) mass is 268 g/mol. The lowest BCUT2D eigenvalue weighted by atomic mass is 10.2. The summed E-state index contributed by atoms with van der Waals surface area (Å²) in [4.78, 5) is 4.31. The SMILES string of the molecule is Fc1cccc(CNc2ccc(-n3cccn3)nc2)c1. The van der Waals surface area contributed by atoms with Gasteiger partial charge in [0.15, 0.2) is 5.82 Å². The molecule has 0 amide bonds. The summed E-state index contributed by atoms with van der Waals surface area (Å²) in [6, 6.07) is 12.2. The van der Waals surface area contributed by atoms with E-state index in [0.29, 0.717) is 6.54 Å². The molecule has 0 atom stereocenters. The van der Waals surface area contributed by atoms with Gasteiger partial charge in [-0.05, 0) is 35.9 Å². The molecule has 0 saturated carbocycles. The molecule has 100 valence electrons. The maximum absolute atomic E-state index is 13.1. The van der Waals surface area contributed by atoms with Crippen LogP contribution >= 0.6 is 0 Å². The Balaban J connectivity index is 1.67. The normalized spacial score (nSPS) is 10.4. The summed E-state index contributed by atoms with van der Waals surface area (Å²) < 4.78 is 14.7. The van der Waals surface area contributed by atoms with E-state index in [4.69, 9.17) is 0 Å². The van der Waals surface area contributed by atoms with Gasteiger partial charge in [-0.15, -0.1) is 0 Å². The fraction of sp³-hybridized carbons (Fsp3) is 0.0667. The number of benzene rings is 1. The molecule has 0 aliphatic rings. The summed E-state index contributed by atoms with van der Waals surface area (Å²) in [6.07, 6.45) is 5.27. The lowest BCUT2D eigenvalue weighted by Crippen LogP contribution is -2.02. The minimum atomic E-state index is -0.226. The van der Waals surface area contributed by atoms with E-state index in [2.05, 4.69) is 15.4 Å². The average Bonchev–Trinajstić information content (AvgIpc) is 3.00. The van der Waals surface area contributed by atoms with Gasteiger partial charge in [0, 0.05) is 18.9 Å². The van der Waals surface area contributed by atoms with Gasteiger partial charge in [0.1, 0.15) is 5.82 Å². The van der Waals surface area contributed by atoms with Crippen molar-refractivity contribution >= 4 is 5.69 Å². The van der Waals surface area contributed by atoms with Crippen LogP contribution in [0.2, 0.25) is 0 Å². The van der Waals surface area contributed by atoms with Crippen LogP contribution in [0.1, 0.15) is 5.56 Å². The highest BCUT2D eigenvalue weighted by atomic mass is 19.1. The lowest BCUT2D eigenvalue weighted by Gasteiger charge is -2.07. The highest BCUT2D eigenvalue weighted by Gasteiger charge is 1.99. The molecule has 3 rings (SSSR count). The van der Waals surface area contributed by atoms with Crippen molar-refractivity contribution in [2.24, 2.45) is 0 Å². The molecule has 0 aliphatic carbocycles. The summed E-state index contributed by atoms with van der Waals surface area (Å²) >= 11 is 0. The summed E-state index contributed by atoms with van der Waals surface area (Å²) in [5.41, 5.74) is 1.77. The van der Waals surface area contributed by atoms with Crippen molar-refractivity contribution in [2.45, 2.75) is 6.54 Å². The van der Waals surface area contributed by atoms with E-state index in [1.807, 2.05) is 30.5 Å². The quantitative estimate of drug-likeness (QED) is 0.791. The number of rotatable bonds is 4. The molecule has 0 unspecified atom stereocenters. The topological polar surface area (TPSA) is 42.7 Å². The number of anilines is 1. The lowest BCUT2D eigenvalue weighted by molar-refractivity contribution is 0.626. The molecule has 2 heterocycles. The zero-order valence-electron chi connectivity index (χ0n) is 10.7. The van der Waals surface area contributed by atoms with Crippen molar-refractivity contribution < 1.29 is 4.39 Å². The first-order valence-corrected chi connectivity index (χ1v) is 6.26. The van der Waals surface area contributed by atoms with Crippen molar-refractivity contribution in [3.8, 4) is 5.82 Å². The third-order valence-corrected chi connectivity index (χ3v) is 2.87. The van der Waals surface area contributed by atoms with Gasteiger partial charge in [-0.2, -0.15) is 5.10 Å². The summed E-state index contributed by atoms with van der Waals surface area (Å²) in [7, 11) is 0. The van der Waals surface area contributed by atoms with E-state index < -0.39 is 0 Å². The standard InChI is InChI=1S/C15H13FN4/c16-13-4-1-3-12(9-13)10-17-14-5-6-15(18-11-14)20-8-2-7-19-20/h1-9,11,17H,10H2. The van der Waals surface area contributed by atoms with Crippen LogP contribution in [0.5, 0.6) is 0 Å². The molecule has 0 radical (unpaired) electrons.